The third-order valence-corrected chi connectivity index (χ3v) is 5.88. The summed E-state index contributed by atoms with van der Waals surface area (Å²) in [5.74, 6) is 0.195. The Kier molecular flexibility index (Phi) is 8.73. The fourth-order valence-corrected chi connectivity index (χ4v) is 4.29. The minimum absolute atomic E-state index is 0.0541. The largest absolute Gasteiger partial charge is 0.353 e. The standard InChI is InChI=1S/C20H37N3O2/c1-3-22(4-2)18-14-15-23(16-18)20(25)13-12-19(24)21-17-10-8-6-5-7-9-11-17/h17-18H,3-16H2,1-2H3,(H,21,24)/t18-/m0/s1. The smallest absolute Gasteiger partial charge is 0.223 e. The van der Waals surface area contributed by atoms with Gasteiger partial charge in [-0.3, -0.25) is 14.5 Å². The summed E-state index contributed by atoms with van der Waals surface area (Å²) in [6.07, 6.45) is 10.3. The number of amides is 2. The lowest BCUT2D eigenvalue weighted by molar-refractivity contribution is -0.133. The fraction of sp³-hybridized carbons (Fsp3) is 0.900. The highest BCUT2D eigenvalue weighted by Gasteiger charge is 2.29. The van der Waals surface area contributed by atoms with E-state index in [1.807, 2.05) is 4.90 Å². The number of likely N-dealkylation sites (N-methyl/N-ethyl adjacent to an activating group) is 1. The van der Waals surface area contributed by atoms with E-state index in [1.165, 1.54) is 32.1 Å². The van der Waals surface area contributed by atoms with Crippen molar-refractivity contribution in [3.05, 3.63) is 0 Å². The summed E-state index contributed by atoms with van der Waals surface area (Å²) in [4.78, 5) is 29.0. The van der Waals surface area contributed by atoms with Crippen LogP contribution in [0.1, 0.15) is 78.1 Å². The number of likely N-dealkylation sites (tertiary alicyclic amines) is 1. The third kappa shape index (κ3) is 6.61. The maximum Gasteiger partial charge on any atom is 0.223 e. The van der Waals surface area contributed by atoms with E-state index in [-0.39, 0.29) is 11.8 Å². The molecule has 2 fully saturated rings. The van der Waals surface area contributed by atoms with Gasteiger partial charge in [-0.2, -0.15) is 0 Å². The molecule has 1 N–H and O–H groups in total. The van der Waals surface area contributed by atoms with Crippen molar-refractivity contribution in [2.24, 2.45) is 0 Å². The summed E-state index contributed by atoms with van der Waals surface area (Å²) in [5, 5.41) is 3.16. The molecule has 5 heteroatoms. The maximum atomic E-state index is 12.4. The van der Waals surface area contributed by atoms with Gasteiger partial charge in [-0.15, -0.1) is 0 Å². The molecule has 2 amide bonds. The monoisotopic (exact) mass is 351 g/mol. The van der Waals surface area contributed by atoms with Crippen molar-refractivity contribution in [3.63, 3.8) is 0 Å². The van der Waals surface area contributed by atoms with Crippen LogP contribution in [0.5, 0.6) is 0 Å². The van der Waals surface area contributed by atoms with Gasteiger partial charge in [0.1, 0.15) is 0 Å². The van der Waals surface area contributed by atoms with Crippen molar-refractivity contribution in [1.82, 2.24) is 15.1 Å². The molecule has 1 saturated heterocycles. The minimum Gasteiger partial charge on any atom is -0.353 e. The van der Waals surface area contributed by atoms with Gasteiger partial charge in [-0.05, 0) is 32.4 Å². The molecule has 0 spiro atoms. The molecule has 0 bridgehead atoms. The Morgan fingerprint density at radius 3 is 2.24 bits per heavy atom. The molecule has 5 nitrogen and oxygen atoms in total. The molecular formula is C20H37N3O2. The van der Waals surface area contributed by atoms with Crippen LogP contribution >= 0.6 is 0 Å². The van der Waals surface area contributed by atoms with Gasteiger partial charge in [-0.1, -0.05) is 46.0 Å². The van der Waals surface area contributed by atoms with Crippen LogP contribution in [0, 0.1) is 0 Å². The lowest BCUT2D eigenvalue weighted by Crippen LogP contribution is -2.39. The van der Waals surface area contributed by atoms with Crippen LogP contribution in [-0.4, -0.2) is 59.9 Å². The van der Waals surface area contributed by atoms with Gasteiger partial charge < -0.3 is 10.2 Å². The van der Waals surface area contributed by atoms with E-state index < -0.39 is 0 Å². The number of nitrogens with one attached hydrogen (secondary N) is 1. The summed E-state index contributed by atoms with van der Waals surface area (Å²) >= 11 is 0. The second kappa shape index (κ2) is 10.8. The first-order valence-corrected chi connectivity index (χ1v) is 10.4. The van der Waals surface area contributed by atoms with Crippen LogP contribution in [-0.2, 0) is 9.59 Å². The quantitative estimate of drug-likeness (QED) is 0.767. The van der Waals surface area contributed by atoms with Gasteiger partial charge in [0.15, 0.2) is 0 Å². The predicted molar refractivity (Wildman–Crippen MR) is 101 cm³/mol. The molecular weight excluding hydrogens is 314 g/mol. The van der Waals surface area contributed by atoms with E-state index in [2.05, 4.69) is 24.1 Å². The van der Waals surface area contributed by atoms with Gasteiger partial charge in [0.2, 0.25) is 11.8 Å². The van der Waals surface area contributed by atoms with Crippen molar-refractivity contribution in [3.8, 4) is 0 Å². The molecule has 0 aromatic carbocycles. The summed E-state index contributed by atoms with van der Waals surface area (Å²) in [5.41, 5.74) is 0. The molecule has 2 aliphatic rings. The maximum absolute atomic E-state index is 12.4. The fourth-order valence-electron chi connectivity index (χ4n) is 4.29. The Hall–Kier alpha value is -1.10. The first-order chi connectivity index (χ1) is 12.1. The Labute approximate surface area is 153 Å². The first kappa shape index (κ1) is 20.2. The molecule has 144 valence electrons. The van der Waals surface area contributed by atoms with Crippen LogP contribution in [0.15, 0.2) is 0 Å². The van der Waals surface area contributed by atoms with E-state index in [9.17, 15) is 9.59 Å². The average Bonchev–Trinajstić information content (AvgIpc) is 3.06. The van der Waals surface area contributed by atoms with Crippen molar-refractivity contribution < 1.29 is 9.59 Å². The zero-order valence-corrected chi connectivity index (χ0v) is 16.3. The normalized spacial score (nSPS) is 22.7. The van der Waals surface area contributed by atoms with Crippen LogP contribution < -0.4 is 5.32 Å². The van der Waals surface area contributed by atoms with E-state index in [1.54, 1.807) is 0 Å². The van der Waals surface area contributed by atoms with Crippen molar-refractivity contribution in [2.45, 2.75) is 90.1 Å². The molecule has 25 heavy (non-hydrogen) atoms. The van der Waals surface area contributed by atoms with Crippen LogP contribution in [0.3, 0.4) is 0 Å². The Balaban J connectivity index is 1.68. The molecule has 1 aliphatic carbocycles. The third-order valence-electron chi connectivity index (χ3n) is 5.88. The number of carbonyl (C=O) groups is 2. The Morgan fingerprint density at radius 1 is 0.960 bits per heavy atom. The molecule has 2 rings (SSSR count). The van der Waals surface area contributed by atoms with Crippen molar-refractivity contribution >= 4 is 11.8 Å². The second-order valence-corrected chi connectivity index (χ2v) is 7.61. The Bertz CT molecular complexity index is 415. The van der Waals surface area contributed by atoms with Gasteiger partial charge in [0, 0.05) is 38.0 Å². The van der Waals surface area contributed by atoms with E-state index in [4.69, 9.17) is 0 Å². The number of rotatable bonds is 7. The lowest BCUT2D eigenvalue weighted by atomic mass is 9.96. The summed E-state index contributed by atoms with van der Waals surface area (Å²) in [6.45, 7) is 8.08. The van der Waals surface area contributed by atoms with Gasteiger partial charge in [-0.25, -0.2) is 0 Å². The molecule has 1 atom stereocenters. The second-order valence-electron chi connectivity index (χ2n) is 7.61. The highest BCUT2D eigenvalue weighted by molar-refractivity contribution is 5.84. The van der Waals surface area contributed by atoms with Gasteiger partial charge in [0.05, 0.1) is 0 Å². The highest BCUT2D eigenvalue weighted by atomic mass is 16.2. The molecule has 1 saturated carbocycles. The molecule has 0 aromatic heterocycles. The summed E-state index contributed by atoms with van der Waals surface area (Å²) in [6, 6.07) is 0.810. The number of hydrogen-bond donors (Lipinski definition) is 1. The molecule has 0 radical (unpaired) electrons. The van der Waals surface area contributed by atoms with Crippen molar-refractivity contribution in [2.75, 3.05) is 26.2 Å². The first-order valence-electron chi connectivity index (χ1n) is 10.4. The van der Waals surface area contributed by atoms with E-state index >= 15 is 0 Å². The average molecular weight is 352 g/mol. The molecule has 0 unspecified atom stereocenters. The topological polar surface area (TPSA) is 52.7 Å². The number of hydrogen-bond acceptors (Lipinski definition) is 3. The minimum atomic E-state index is 0.0541. The van der Waals surface area contributed by atoms with Crippen LogP contribution in [0.2, 0.25) is 0 Å². The SMILES string of the molecule is CCN(CC)[C@H]1CCN(C(=O)CCC(=O)NC2CCCCCCC2)C1. The molecule has 1 heterocycles. The number of nitrogens with zero attached hydrogens (tertiary/aromatic N) is 2. The lowest BCUT2D eigenvalue weighted by Gasteiger charge is -2.26. The van der Waals surface area contributed by atoms with Gasteiger partial charge in [0.25, 0.3) is 0 Å². The van der Waals surface area contributed by atoms with Crippen LogP contribution in [0.25, 0.3) is 0 Å². The zero-order chi connectivity index (χ0) is 18.1. The van der Waals surface area contributed by atoms with E-state index in [0.717, 1.165) is 45.4 Å². The van der Waals surface area contributed by atoms with Gasteiger partial charge >= 0.3 is 0 Å². The zero-order valence-electron chi connectivity index (χ0n) is 16.3. The van der Waals surface area contributed by atoms with Crippen LogP contribution in [0.4, 0.5) is 0 Å². The molecule has 1 aliphatic heterocycles. The Morgan fingerprint density at radius 2 is 1.60 bits per heavy atom. The van der Waals surface area contributed by atoms with Crippen molar-refractivity contribution in [1.29, 1.82) is 0 Å². The number of carbonyl (C=O) groups excluding carboxylic acids is 2. The summed E-state index contributed by atoms with van der Waals surface area (Å²) in [7, 11) is 0. The highest BCUT2D eigenvalue weighted by Crippen LogP contribution is 2.18. The molecule has 0 aromatic rings. The summed E-state index contributed by atoms with van der Waals surface area (Å²) < 4.78 is 0. The predicted octanol–water partition coefficient (Wildman–Crippen LogP) is 2.94. The van der Waals surface area contributed by atoms with E-state index in [0.29, 0.717) is 24.9 Å².